The van der Waals surface area contributed by atoms with Crippen LogP contribution >= 0.6 is 0 Å². The molecule has 0 saturated carbocycles. The third kappa shape index (κ3) is 4.86. The summed E-state index contributed by atoms with van der Waals surface area (Å²) in [4.78, 5) is 12.5. The molecule has 27 heavy (non-hydrogen) atoms. The van der Waals surface area contributed by atoms with Gasteiger partial charge in [0, 0.05) is 17.5 Å². The van der Waals surface area contributed by atoms with Crippen molar-refractivity contribution in [3.8, 4) is 11.3 Å². The molecule has 0 bridgehead atoms. The van der Waals surface area contributed by atoms with Gasteiger partial charge >= 0.3 is 0 Å². The van der Waals surface area contributed by atoms with Crippen molar-refractivity contribution in [2.45, 2.75) is 19.1 Å². The van der Waals surface area contributed by atoms with E-state index in [1.165, 1.54) is 5.56 Å². The highest BCUT2D eigenvalue weighted by Crippen LogP contribution is 2.24. The zero-order chi connectivity index (χ0) is 19.4. The first-order valence-electron chi connectivity index (χ1n) is 8.62. The molecular formula is C21H21NO4S. The Balaban J connectivity index is 1.79. The number of hydrogen-bond acceptors (Lipinski definition) is 4. The molecule has 3 aromatic rings. The highest BCUT2D eigenvalue weighted by Gasteiger charge is 2.15. The van der Waals surface area contributed by atoms with E-state index in [-0.39, 0.29) is 11.5 Å². The fraction of sp³-hybridized carbons (Fsp3) is 0.190. The van der Waals surface area contributed by atoms with E-state index in [4.69, 9.17) is 4.42 Å². The van der Waals surface area contributed by atoms with Crippen LogP contribution in [-0.4, -0.2) is 20.6 Å². The van der Waals surface area contributed by atoms with Crippen molar-refractivity contribution in [2.75, 3.05) is 11.6 Å². The second kappa shape index (κ2) is 7.80. The number of aryl methyl sites for hydroxylation is 1. The summed E-state index contributed by atoms with van der Waals surface area (Å²) < 4.78 is 28.9. The Morgan fingerprint density at radius 2 is 1.70 bits per heavy atom. The van der Waals surface area contributed by atoms with Gasteiger partial charge in [0.05, 0.1) is 5.75 Å². The minimum absolute atomic E-state index is 0.142. The monoisotopic (exact) mass is 383 g/mol. The van der Waals surface area contributed by atoms with Crippen LogP contribution in [0.15, 0.2) is 65.1 Å². The number of anilines is 1. The van der Waals surface area contributed by atoms with E-state index >= 15 is 0 Å². The molecule has 0 radical (unpaired) electrons. The summed E-state index contributed by atoms with van der Waals surface area (Å²) in [6.45, 7) is 2.09. The molecule has 1 N–H and O–H groups in total. The number of para-hydroxylation sites is 1. The van der Waals surface area contributed by atoms with Crippen LogP contribution in [-0.2, 0) is 22.0 Å². The summed E-state index contributed by atoms with van der Waals surface area (Å²) in [6, 6.07) is 18.2. The zero-order valence-electron chi connectivity index (χ0n) is 15.2. The number of nitrogens with one attached hydrogen (secondary N) is 1. The van der Waals surface area contributed by atoms with Gasteiger partial charge in [0.1, 0.15) is 5.76 Å². The fourth-order valence-electron chi connectivity index (χ4n) is 2.75. The molecule has 0 spiro atoms. The van der Waals surface area contributed by atoms with E-state index in [1.54, 1.807) is 36.4 Å². The minimum atomic E-state index is -3.21. The normalized spacial score (nSPS) is 11.3. The summed E-state index contributed by atoms with van der Waals surface area (Å²) in [5.74, 6) is 0.203. The second-order valence-electron chi connectivity index (χ2n) is 6.40. The van der Waals surface area contributed by atoms with Gasteiger partial charge in [0.15, 0.2) is 15.6 Å². The Labute approximate surface area is 159 Å². The first kappa shape index (κ1) is 18.9. The van der Waals surface area contributed by atoms with Crippen molar-refractivity contribution >= 4 is 21.4 Å². The van der Waals surface area contributed by atoms with E-state index in [2.05, 4.69) is 12.2 Å². The second-order valence-corrected chi connectivity index (χ2v) is 8.54. The van der Waals surface area contributed by atoms with Crippen LogP contribution in [0.2, 0.25) is 0 Å². The molecule has 0 unspecified atom stereocenters. The summed E-state index contributed by atoms with van der Waals surface area (Å²) in [7, 11) is -3.21. The Morgan fingerprint density at radius 1 is 1.00 bits per heavy atom. The molecule has 1 amide bonds. The molecule has 0 fully saturated rings. The largest absolute Gasteiger partial charge is 0.451 e. The van der Waals surface area contributed by atoms with Crippen molar-refractivity contribution in [1.82, 2.24) is 0 Å². The highest BCUT2D eigenvalue weighted by molar-refractivity contribution is 7.89. The van der Waals surface area contributed by atoms with Crippen molar-refractivity contribution in [1.29, 1.82) is 0 Å². The van der Waals surface area contributed by atoms with Gasteiger partial charge in [-0.15, -0.1) is 0 Å². The van der Waals surface area contributed by atoms with E-state index < -0.39 is 15.7 Å². The Hall–Kier alpha value is -2.86. The molecule has 3 rings (SSSR count). The molecule has 0 aliphatic carbocycles. The van der Waals surface area contributed by atoms with Crippen LogP contribution in [0.4, 0.5) is 5.69 Å². The van der Waals surface area contributed by atoms with Crippen molar-refractivity contribution in [3.63, 3.8) is 0 Å². The number of carbonyl (C=O) groups is 1. The van der Waals surface area contributed by atoms with E-state index in [0.717, 1.165) is 18.2 Å². The average Bonchev–Trinajstić information content (AvgIpc) is 3.12. The zero-order valence-corrected chi connectivity index (χ0v) is 16.0. The maximum Gasteiger partial charge on any atom is 0.291 e. The lowest BCUT2D eigenvalue weighted by Crippen LogP contribution is -2.13. The lowest BCUT2D eigenvalue weighted by molar-refractivity contribution is 0.0997. The highest BCUT2D eigenvalue weighted by atomic mass is 32.2. The molecule has 140 valence electrons. The first-order chi connectivity index (χ1) is 12.9. The first-order valence-corrected chi connectivity index (χ1v) is 10.7. The number of carbonyl (C=O) groups excluding carboxylic acids is 1. The van der Waals surface area contributed by atoms with Gasteiger partial charge in [-0.25, -0.2) is 8.42 Å². The van der Waals surface area contributed by atoms with Gasteiger partial charge in [-0.1, -0.05) is 49.4 Å². The molecule has 6 heteroatoms. The Bertz CT molecular complexity index is 1050. The third-order valence-corrected chi connectivity index (χ3v) is 5.00. The van der Waals surface area contributed by atoms with Crippen LogP contribution in [0, 0.1) is 0 Å². The molecule has 5 nitrogen and oxygen atoms in total. The molecule has 0 aliphatic heterocycles. The molecule has 1 heterocycles. The van der Waals surface area contributed by atoms with E-state index in [1.807, 2.05) is 24.3 Å². The molecule has 0 atom stereocenters. The SMILES string of the molecule is CCc1ccc(-c2ccc(C(=O)Nc3ccccc3CS(C)(=O)=O)o2)cc1. The van der Waals surface area contributed by atoms with Gasteiger partial charge in [-0.2, -0.15) is 0 Å². The van der Waals surface area contributed by atoms with Crippen LogP contribution in [0.5, 0.6) is 0 Å². The van der Waals surface area contributed by atoms with Gasteiger partial charge < -0.3 is 9.73 Å². The smallest absolute Gasteiger partial charge is 0.291 e. The molecule has 0 aliphatic rings. The van der Waals surface area contributed by atoms with Gasteiger partial charge in [-0.05, 0) is 35.7 Å². The lowest BCUT2D eigenvalue weighted by atomic mass is 10.1. The predicted octanol–water partition coefficient (Wildman–Crippen LogP) is 4.31. The third-order valence-electron chi connectivity index (χ3n) is 4.16. The average molecular weight is 383 g/mol. The summed E-state index contributed by atoms with van der Waals surface area (Å²) in [5.41, 5.74) is 3.11. The van der Waals surface area contributed by atoms with Gasteiger partial charge in [0.2, 0.25) is 0 Å². The summed E-state index contributed by atoms with van der Waals surface area (Å²) >= 11 is 0. The molecule has 2 aromatic carbocycles. The van der Waals surface area contributed by atoms with Crippen LogP contribution in [0.25, 0.3) is 11.3 Å². The topological polar surface area (TPSA) is 76.4 Å². The number of amides is 1. The van der Waals surface area contributed by atoms with Crippen LogP contribution in [0.3, 0.4) is 0 Å². The lowest BCUT2D eigenvalue weighted by Gasteiger charge is -2.09. The van der Waals surface area contributed by atoms with E-state index in [0.29, 0.717) is 17.0 Å². The van der Waals surface area contributed by atoms with Crippen LogP contribution in [0.1, 0.15) is 28.6 Å². The summed E-state index contributed by atoms with van der Waals surface area (Å²) in [6.07, 6.45) is 2.12. The van der Waals surface area contributed by atoms with E-state index in [9.17, 15) is 13.2 Å². The van der Waals surface area contributed by atoms with Crippen molar-refractivity contribution in [3.05, 3.63) is 77.6 Å². The van der Waals surface area contributed by atoms with Gasteiger partial charge in [0.25, 0.3) is 5.91 Å². The number of hydrogen-bond donors (Lipinski definition) is 1. The Kier molecular flexibility index (Phi) is 5.46. The fourth-order valence-corrected chi connectivity index (χ4v) is 3.57. The molecule has 0 saturated heterocycles. The van der Waals surface area contributed by atoms with Crippen LogP contribution < -0.4 is 5.32 Å². The number of benzene rings is 2. The van der Waals surface area contributed by atoms with Crippen molar-refractivity contribution < 1.29 is 17.6 Å². The predicted molar refractivity (Wildman–Crippen MR) is 106 cm³/mol. The quantitative estimate of drug-likeness (QED) is 0.688. The minimum Gasteiger partial charge on any atom is -0.451 e. The maximum absolute atomic E-state index is 12.5. The summed E-state index contributed by atoms with van der Waals surface area (Å²) in [5, 5.41) is 2.74. The maximum atomic E-state index is 12.5. The number of furan rings is 1. The van der Waals surface area contributed by atoms with Gasteiger partial charge in [-0.3, -0.25) is 4.79 Å². The number of sulfone groups is 1. The Morgan fingerprint density at radius 3 is 2.37 bits per heavy atom. The molecular weight excluding hydrogens is 362 g/mol. The van der Waals surface area contributed by atoms with Crippen molar-refractivity contribution in [2.24, 2.45) is 0 Å². The standard InChI is InChI=1S/C21H21NO4S/c1-3-15-8-10-16(11-9-15)19-12-13-20(26-19)21(23)22-18-7-5-4-6-17(18)14-27(2,24)25/h4-13H,3,14H2,1-2H3,(H,22,23). The number of rotatable bonds is 6. The molecule has 1 aromatic heterocycles.